The third-order valence-electron chi connectivity index (χ3n) is 5.43. The topological polar surface area (TPSA) is 64.0 Å². The van der Waals surface area contributed by atoms with Gasteiger partial charge in [0.15, 0.2) is 11.5 Å². The van der Waals surface area contributed by atoms with Gasteiger partial charge in [0.2, 0.25) is 0 Å². The predicted octanol–water partition coefficient (Wildman–Crippen LogP) is 4.01. The van der Waals surface area contributed by atoms with E-state index in [0.717, 1.165) is 47.1 Å². The first-order valence-corrected chi connectivity index (χ1v) is 9.65. The fraction of sp³-hybridized carbons (Fsp3) is 0.348. The van der Waals surface area contributed by atoms with Crippen molar-refractivity contribution in [2.45, 2.75) is 6.92 Å². The van der Waals surface area contributed by atoms with Crippen LogP contribution in [0.3, 0.4) is 0 Å². The number of rotatable bonds is 5. The smallest absolute Gasteiger partial charge is 0.164 e. The van der Waals surface area contributed by atoms with E-state index in [2.05, 4.69) is 17.9 Å². The molecule has 1 N–H and O–H groups in total. The van der Waals surface area contributed by atoms with E-state index in [-0.39, 0.29) is 0 Å². The van der Waals surface area contributed by atoms with E-state index in [0.29, 0.717) is 29.6 Å². The molecule has 4 rings (SSSR count). The second kappa shape index (κ2) is 7.70. The normalized spacial score (nSPS) is 17.4. The van der Waals surface area contributed by atoms with E-state index in [1.165, 1.54) is 0 Å². The molecule has 0 unspecified atom stereocenters. The first kappa shape index (κ1) is 19.2. The lowest BCUT2D eigenvalue weighted by atomic mass is 9.95. The van der Waals surface area contributed by atoms with E-state index in [1.54, 1.807) is 27.4 Å². The van der Waals surface area contributed by atoms with Crippen molar-refractivity contribution in [1.82, 2.24) is 0 Å². The maximum absolute atomic E-state index is 8.69. The van der Waals surface area contributed by atoms with Crippen LogP contribution < -0.4 is 23.8 Å². The van der Waals surface area contributed by atoms with E-state index >= 15 is 0 Å². The molecule has 0 aromatic heterocycles. The van der Waals surface area contributed by atoms with Gasteiger partial charge in [-0.15, -0.1) is 0 Å². The molecule has 0 radical (unpaired) electrons. The number of hydrogen-bond acceptors (Lipinski definition) is 6. The second-order valence-electron chi connectivity index (χ2n) is 7.47. The molecule has 0 bridgehead atoms. The highest BCUT2D eigenvalue weighted by atomic mass is 16.5. The van der Waals surface area contributed by atoms with Crippen molar-refractivity contribution < 1.29 is 18.9 Å². The van der Waals surface area contributed by atoms with Crippen molar-refractivity contribution in [3.05, 3.63) is 47.0 Å². The predicted molar refractivity (Wildman–Crippen MR) is 114 cm³/mol. The molecule has 6 heteroatoms. The number of hydrogen-bond donors (Lipinski definition) is 1. The van der Waals surface area contributed by atoms with Gasteiger partial charge in [-0.1, -0.05) is 6.92 Å². The van der Waals surface area contributed by atoms with Crippen LogP contribution in [0.4, 0.5) is 5.69 Å². The van der Waals surface area contributed by atoms with Gasteiger partial charge in [-0.05, 0) is 30.2 Å². The van der Waals surface area contributed by atoms with Crippen LogP contribution in [0.2, 0.25) is 0 Å². The molecule has 2 aromatic rings. The summed E-state index contributed by atoms with van der Waals surface area (Å²) in [6.07, 6.45) is 1.91. The largest absolute Gasteiger partial charge is 0.496 e. The lowest BCUT2D eigenvalue weighted by Crippen LogP contribution is -2.45. The van der Waals surface area contributed by atoms with Gasteiger partial charge in [0.1, 0.15) is 18.1 Å². The summed E-state index contributed by atoms with van der Waals surface area (Å²) in [6.45, 7) is 4.73. The molecule has 152 valence electrons. The number of anilines is 1. The Morgan fingerprint density at radius 1 is 1.00 bits per heavy atom. The Labute approximate surface area is 171 Å². The molecule has 2 aliphatic rings. The van der Waals surface area contributed by atoms with Crippen LogP contribution in [-0.4, -0.2) is 46.7 Å². The number of nitrogens with zero attached hydrogens (tertiary/aromatic N) is 1. The maximum atomic E-state index is 8.69. The van der Waals surface area contributed by atoms with Crippen LogP contribution >= 0.6 is 0 Å². The minimum Gasteiger partial charge on any atom is -0.496 e. The van der Waals surface area contributed by atoms with Gasteiger partial charge in [0.25, 0.3) is 0 Å². The first-order valence-electron chi connectivity index (χ1n) is 9.65. The lowest BCUT2D eigenvalue weighted by Gasteiger charge is -2.39. The highest BCUT2D eigenvalue weighted by Crippen LogP contribution is 2.38. The van der Waals surface area contributed by atoms with Gasteiger partial charge in [0.05, 0.1) is 27.0 Å². The summed E-state index contributed by atoms with van der Waals surface area (Å²) >= 11 is 0. The summed E-state index contributed by atoms with van der Waals surface area (Å²) in [5, 5.41) is 8.69. The molecule has 0 spiro atoms. The molecular weight excluding hydrogens is 368 g/mol. The van der Waals surface area contributed by atoms with Gasteiger partial charge in [-0.3, -0.25) is 5.41 Å². The van der Waals surface area contributed by atoms with E-state index in [1.807, 2.05) is 24.3 Å². The molecule has 2 aromatic carbocycles. The van der Waals surface area contributed by atoms with Crippen LogP contribution in [-0.2, 0) is 0 Å². The number of methoxy groups -OCH3 is 3. The van der Waals surface area contributed by atoms with Crippen molar-refractivity contribution in [2.24, 2.45) is 5.92 Å². The Hall–Kier alpha value is -3.15. The highest BCUT2D eigenvalue weighted by molar-refractivity contribution is 6.16. The Bertz CT molecular complexity index is 977. The summed E-state index contributed by atoms with van der Waals surface area (Å²) in [7, 11) is 4.80. The van der Waals surface area contributed by atoms with Gasteiger partial charge >= 0.3 is 0 Å². The van der Waals surface area contributed by atoms with Crippen LogP contribution in [0.15, 0.2) is 35.9 Å². The summed E-state index contributed by atoms with van der Waals surface area (Å²) in [5.74, 6) is 3.35. The number of fused-ring (bicyclic) bond motifs is 1. The zero-order valence-electron chi connectivity index (χ0n) is 17.2. The molecule has 0 amide bonds. The van der Waals surface area contributed by atoms with Gasteiger partial charge < -0.3 is 23.8 Å². The minimum atomic E-state index is 0.336. The van der Waals surface area contributed by atoms with Crippen molar-refractivity contribution in [3.63, 3.8) is 0 Å². The second-order valence-corrected chi connectivity index (χ2v) is 7.47. The van der Waals surface area contributed by atoms with Gasteiger partial charge in [-0.2, -0.15) is 0 Å². The van der Waals surface area contributed by atoms with Crippen molar-refractivity contribution >= 4 is 17.5 Å². The number of nitrogens with one attached hydrogen (secondary N) is 1. The highest BCUT2D eigenvalue weighted by Gasteiger charge is 2.26. The standard InChI is InChI=1S/C23H26N2O4/c1-14-11-25(12-14)17-5-6-18-20(9-17)29-13-16(23(18)24)7-15-8-21(27-3)22(28-4)10-19(15)26-2/h5-10,14,24H,11-13H2,1-4H3/b16-7-,24-23?. The zero-order valence-corrected chi connectivity index (χ0v) is 17.2. The summed E-state index contributed by atoms with van der Waals surface area (Å²) in [6, 6.07) is 9.73. The zero-order chi connectivity index (χ0) is 20.5. The molecule has 2 heterocycles. The number of ether oxygens (including phenoxy) is 4. The fourth-order valence-corrected chi connectivity index (χ4v) is 3.81. The van der Waals surface area contributed by atoms with Crippen molar-refractivity contribution in [2.75, 3.05) is 45.9 Å². The van der Waals surface area contributed by atoms with Crippen molar-refractivity contribution in [1.29, 1.82) is 5.41 Å². The Morgan fingerprint density at radius 2 is 1.69 bits per heavy atom. The minimum absolute atomic E-state index is 0.336. The van der Waals surface area contributed by atoms with Crippen LogP contribution in [0, 0.1) is 11.3 Å². The molecule has 1 saturated heterocycles. The first-order chi connectivity index (χ1) is 14.0. The molecule has 29 heavy (non-hydrogen) atoms. The van der Waals surface area contributed by atoms with E-state index < -0.39 is 0 Å². The molecular formula is C23H26N2O4. The SMILES string of the molecule is COc1cc(OC)c(OC)cc1/C=C1/COc2cc(N3CC(C)C3)ccc2C1=N. The lowest BCUT2D eigenvalue weighted by molar-refractivity contribution is 0.348. The number of benzene rings is 2. The summed E-state index contributed by atoms with van der Waals surface area (Å²) in [4.78, 5) is 2.33. The Balaban J connectivity index is 1.65. The van der Waals surface area contributed by atoms with Crippen LogP contribution in [0.25, 0.3) is 6.08 Å². The molecule has 0 atom stereocenters. The summed E-state index contributed by atoms with van der Waals surface area (Å²) < 4.78 is 22.3. The average molecular weight is 394 g/mol. The van der Waals surface area contributed by atoms with Gasteiger partial charge in [-0.25, -0.2) is 0 Å². The van der Waals surface area contributed by atoms with E-state index in [4.69, 9.17) is 24.4 Å². The quantitative estimate of drug-likeness (QED) is 0.830. The van der Waals surface area contributed by atoms with E-state index in [9.17, 15) is 0 Å². The third kappa shape index (κ3) is 3.50. The van der Waals surface area contributed by atoms with Gasteiger partial charge in [0, 0.05) is 47.6 Å². The molecule has 0 saturated carbocycles. The monoisotopic (exact) mass is 394 g/mol. The molecule has 1 fully saturated rings. The van der Waals surface area contributed by atoms with Crippen molar-refractivity contribution in [3.8, 4) is 23.0 Å². The van der Waals surface area contributed by atoms with Crippen LogP contribution in [0.1, 0.15) is 18.1 Å². The molecule has 6 nitrogen and oxygen atoms in total. The average Bonchev–Trinajstić information content (AvgIpc) is 2.72. The summed E-state index contributed by atoms with van der Waals surface area (Å²) in [5.41, 5.74) is 4.02. The molecule has 0 aliphatic carbocycles. The Morgan fingerprint density at radius 3 is 2.34 bits per heavy atom. The maximum Gasteiger partial charge on any atom is 0.164 e. The third-order valence-corrected chi connectivity index (χ3v) is 5.43. The Kier molecular flexibility index (Phi) is 5.09. The molecule has 2 aliphatic heterocycles. The van der Waals surface area contributed by atoms with Crippen LogP contribution in [0.5, 0.6) is 23.0 Å². The fourth-order valence-electron chi connectivity index (χ4n) is 3.81.